The monoisotopic (exact) mass is 543 g/mol. The van der Waals surface area contributed by atoms with Gasteiger partial charge in [-0.3, -0.25) is 9.80 Å². The van der Waals surface area contributed by atoms with Crippen molar-refractivity contribution in [3.8, 4) is 0 Å². The van der Waals surface area contributed by atoms with E-state index in [1.807, 2.05) is 0 Å². The third-order valence-corrected chi connectivity index (χ3v) is 6.23. The van der Waals surface area contributed by atoms with E-state index in [9.17, 15) is 0 Å². The van der Waals surface area contributed by atoms with Crippen molar-refractivity contribution in [1.82, 2.24) is 20.4 Å². The highest BCUT2D eigenvalue weighted by Crippen LogP contribution is 2.21. The summed E-state index contributed by atoms with van der Waals surface area (Å²) in [6, 6.07) is 9.48. The zero-order chi connectivity index (χ0) is 21.0. The van der Waals surface area contributed by atoms with E-state index in [1.54, 1.807) is 0 Å². The van der Waals surface area contributed by atoms with Crippen molar-refractivity contribution in [3.05, 3.63) is 35.4 Å². The summed E-state index contributed by atoms with van der Waals surface area (Å²) in [5, 5.41) is 6.90. The number of piperidine rings is 1. The van der Waals surface area contributed by atoms with Gasteiger partial charge in [-0.1, -0.05) is 30.7 Å². The minimum atomic E-state index is 0. The molecule has 0 radical (unpaired) electrons. The number of benzene rings is 1. The van der Waals surface area contributed by atoms with Gasteiger partial charge < -0.3 is 15.4 Å². The summed E-state index contributed by atoms with van der Waals surface area (Å²) in [6.45, 7) is 14.2. The second-order valence-corrected chi connectivity index (χ2v) is 8.51. The van der Waals surface area contributed by atoms with Crippen LogP contribution >= 0.6 is 24.0 Å². The quantitative estimate of drug-likeness (QED) is 0.216. The van der Waals surface area contributed by atoms with Crippen LogP contribution in [-0.2, 0) is 17.8 Å². The van der Waals surface area contributed by atoms with E-state index in [2.05, 4.69) is 58.5 Å². The Balaban J connectivity index is 0.00000341. The summed E-state index contributed by atoms with van der Waals surface area (Å²) < 4.78 is 5.42. The number of ether oxygens (including phenoxy) is 1. The van der Waals surface area contributed by atoms with Gasteiger partial charge in [0.1, 0.15) is 0 Å². The van der Waals surface area contributed by atoms with Crippen molar-refractivity contribution in [2.24, 2.45) is 4.99 Å². The lowest BCUT2D eigenvalue weighted by Crippen LogP contribution is -2.40. The molecule has 3 rings (SSSR count). The van der Waals surface area contributed by atoms with Crippen molar-refractivity contribution in [3.63, 3.8) is 0 Å². The highest BCUT2D eigenvalue weighted by molar-refractivity contribution is 14.0. The number of aliphatic imine (C=N–C) groups is 1. The molecule has 7 heteroatoms. The van der Waals surface area contributed by atoms with Gasteiger partial charge in [-0.15, -0.1) is 24.0 Å². The molecule has 0 spiro atoms. The largest absolute Gasteiger partial charge is 0.379 e. The molecular formula is C24H42IN5O. The summed E-state index contributed by atoms with van der Waals surface area (Å²) in [5.41, 5.74) is 2.75. The molecule has 0 aromatic heterocycles. The maximum atomic E-state index is 5.42. The number of halogens is 1. The van der Waals surface area contributed by atoms with Gasteiger partial charge in [0.15, 0.2) is 5.96 Å². The summed E-state index contributed by atoms with van der Waals surface area (Å²) >= 11 is 0. The standard InChI is InChI=1S/C24H41N5O.HI/c1-3-25-24(26-12-8-13-28-15-17-30-18-16-28)27-19-22-10-4-5-11-23(22)20-29-14-7-6-9-21(29)2;/h4-5,10-11,21H,3,6-9,12-20H2,1-2H3,(H2,25,26,27);1H. The second kappa shape index (κ2) is 15.0. The third kappa shape index (κ3) is 9.24. The van der Waals surface area contributed by atoms with Gasteiger partial charge in [0.25, 0.3) is 0 Å². The molecular weight excluding hydrogens is 501 g/mol. The molecule has 1 atom stereocenters. The average molecular weight is 544 g/mol. The topological polar surface area (TPSA) is 52.1 Å². The van der Waals surface area contributed by atoms with Crippen molar-refractivity contribution in [2.45, 2.75) is 58.7 Å². The van der Waals surface area contributed by atoms with E-state index in [0.29, 0.717) is 6.04 Å². The van der Waals surface area contributed by atoms with Crippen LogP contribution in [0.2, 0.25) is 0 Å². The SMILES string of the molecule is CCNC(=NCc1ccccc1CN1CCCCC1C)NCCCN1CCOCC1.I. The summed E-state index contributed by atoms with van der Waals surface area (Å²) in [4.78, 5) is 9.99. The number of rotatable bonds is 9. The van der Waals surface area contributed by atoms with Crippen LogP contribution in [0.1, 0.15) is 50.7 Å². The van der Waals surface area contributed by atoms with Gasteiger partial charge in [-0.05, 0) is 57.3 Å². The molecule has 176 valence electrons. The first kappa shape index (κ1) is 26.4. The molecule has 1 unspecified atom stereocenters. The molecule has 2 heterocycles. The molecule has 0 bridgehead atoms. The van der Waals surface area contributed by atoms with Crippen LogP contribution in [0, 0.1) is 0 Å². The molecule has 0 amide bonds. The Morgan fingerprint density at radius 3 is 2.61 bits per heavy atom. The lowest BCUT2D eigenvalue weighted by atomic mass is 10.0. The molecule has 1 aromatic rings. The predicted molar refractivity (Wildman–Crippen MR) is 140 cm³/mol. The normalized spacial score (nSPS) is 20.8. The van der Waals surface area contributed by atoms with E-state index in [4.69, 9.17) is 9.73 Å². The van der Waals surface area contributed by atoms with Crippen molar-refractivity contribution < 1.29 is 4.74 Å². The number of hydrogen-bond acceptors (Lipinski definition) is 4. The number of hydrogen-bond donors (Lipinski definition) is 2. The van der Waals surface area contributed by atoms with Gasteiger partial charge in [0.05, 0.1) is 19.8 Å². The number of nitrogens with zero attached hydrogens (tertiary/aromatic N) is 3. The Bertz CT molecular complexity index is 651. The van der Waals surface area contributed by atoms with E-state index >= 15 is 0 Å². The van der Waals surface area contributed by atoms with Crippen LogP contribution in [0.15, 0.2) is 29.3 Å². The Hall–Kier alpha value is -0.900. The highest BCUT2D eigenvalue weighted by Gasteiger charge is 2.19. The zero-order valence-corrected chi connectivity index (χ0v) is 21.8. The number of nitrogens with one attached hydrogen (secondary N) is 2. The lowest BCUT2D eigenvalue weighted by molar-refractivity contribution is 0.0376. The van der Waals surface area contributed by atoms with E-state index in [0.717, 1.165) is 71.4 Å². The predicted octanol–water partition coefficient (Wildman–Crippen LogP) is 3.46. The van der Waals surface area contributed by atoms with Gasteiger partial charge in [0.2, 0.25) is 0 Å². The Morgan fingerprint density at radius 1 is 1.10 bits per heavy atom. The Morgan fingerprint density at radius 2 is 1.87 bits per heavy atom. The number of likely N-dealkylation sites (tertiary alicyclic amines) is 1. The van der Waals surface area contributed by atoms with E-state index in [-0.39, 0.29) is 24.0 Å². The fraction of sp³-hybridized carbons (Fsp3) is 0.708. The van der Waals surface area contributed by atoms with Crippen molar-refractivity contribution >= 4 is 29.9 Å². The zero-order valence-electron chi connectivity index (χ0n) is 19.4. The smallest absolute Gasteiger partial charge is 0.191 e. The lowest BCUT2D eigenvalue weighted by Gasteiger charge is -2.33. The summed E-state index contributed by atoms with van der Waals surface area (Å²) in [5.74, 6) is 0.917. The summed E-state index contributed by atoms with van der Waals surface area (Å²) in [6.07, 6.45) is 5.13. The van der Waals surface area contributed by atoms with Gasteiger partial charge in [0, 0.05) is 38.8 Å². The molecule has 31 heavy (non-hydrogen) atoms. The van der Waals surface area contributed by atoms with Crippen LogP contribution in [0.4, 0.5) is 0 Å². The average Bonchev–Trinajstić information content (AvgIpc) is 2.78. The second-order valence-electron chi connectivity index (χ2n) is 8.51. The van der Waals surface area contributed by atoms with Gasteiger partial charge in [-0.25, -0.2) is 4.99 Å². The maximum Gasteiger partial charge on any atom is 0.191 e. The first-order chi connectivity index (χ1) is 14.8. The fourth-order valence-corrected chi connectivity index (χ4v) is 4.32. The van der Waals surface area contributed by atoms with Crippen LogP contribution in [0.3, 0.4) is 0 Å². The minimum Gasteiger partial charge on any atom is -0.379 e. The molecule has 2 N–H and O–H groups in total. The van der Waals surface area contributed by atoms with Crippen LogP contribution in [0.5, 0.6) is 0 Å². The molecule has 2 aliphatic heterocycles. The van der Waals surface area contributed by atoms with Gasteiger partial charge in [-0.2, -0.15) is 0 Å². The van der Waals surface area contributed by atoms with Crippen LogP contribution in [0.25, 0.3) is 0 Å². The molecule has 1 aromatic carbocycles. The molecule has 0 saturated carbocycles. The number of guanidine groups is 1. The van der Waals surface area contributed by atoms with Gasteiger partial charge >= 0.3 is 0 Å². The molecule has 0 aliphatic carbocycles. The van der Waals surface area contributed by atoms with E-state index in [1.165, 1.54) is 36.9 Å². The van der Waals surface area contributed by atoms with Crippen molar-refractivity contribution in [1.29, 1.82) is 0 Å². The van der Waals surface area contributed by atoms with E-state index < -0.39 is 0 Å². The van der Waals surface area contributed by atoms with Crippen LogP contribution < -0.4 is 10.6 Å². The Labute approximate surface area is 206 Å². The molecule has 2 aliphatic rings. The van der Waals surface area contributed by atoms with Crippen molar-refractivity contribution in [2.75, 3.05) is 52.5 Å². The first-order valence-electron chi connectivity index (χ1n) is 11.9. The third-order valence-electron chi connectivity index (χ3n) is 6.23. The summed E-state index contributed by atoms with van der Waals surface area (Å²) in [7, 11) is 0. The minimum absolute atomic E-state index is 0. The van der Waals surface area contributed by atoms with Crippen LogP contribution in [-0.4, -0.2) is 74.3 Å². The Kier molecular flexibility index (Phi) is 12.8. The molecule has 2 fully saturated rings. The first-order valence-corrected chi connectivity index (χ1v) is 11.9. The number of morpholine rings is 1. The highest BCUT2D eigenvalue weighted by atomic mass is 127. The molecule has 2 saturated heterocycles. The maximum absolute atomic E-state index is 5.42. The fourth-order valence-electron chi connectivity index (χ4n) is 4.32. The molecule has 6 nitrogen and oxygen atoms in total.